The molecule has 1 saturated heterocycles. The summed E-state index contributed by atoms with van der Waals surface area (Å²) in [6, 6.07) is 0. The Balaban J connectivity index is 2.39. The summed E-state index contributed by atoms with van der Waals surface area (Å²) in [6.07, 6.45) is 3.10. The van der Waals surface area contributed by atoms with Crippen molar-refractivity contribution in [1.82, 2.24) is 4.90 Å². The molecular formula is C15H29NO4. The molecule has 3 unspecified atom stereocenters. The third-order valence-corrected chi connectivity index (χ3v) is 3.99. The van der Waals surface area contributed by atoms with Crippen molar-refractivity contribution >= 4 is 5.97 Å². The summed E-state index contributed by atoms with van der Waals surface area (Å²) in [5.74, 6) is 0.772. The number of hydrogen-bond acceptors (Lipinski definition) is 5. The van der Waals surface area contributed by atoms with E-state index in [1.165, 1.54) is 6.92 Å². The maximum absolute atomic E-state index is 11.2. The number of methoxy groups -OCH3 is 1. The number of ether oxygens (including phenoxy) is 3. The van der Waals surface area contributed by atoms with Crippen molar-refractivity contribution in [3.63, 3.8) is 0 Å². The molecule has 5 heteroatoms. The van der Waals surface area contributed by atoms with E-state index in [0.717, 1.165) is 39.0 Å². The van der Waals surface area contributed by atoms with E-state index in [4.69, 9.17) is 14.2 Å². The number of hydrogen-bond donors (Lipinski definition) is 0. The van der Waals surface area contributed by atoms with Crippen LogP contribution in [0.1, 0.15) is 33.1 Å². The third-order valence-electron chi connectivity index (χ3n) is 3.99. The molecule has 5 nitrogen and oxygen atoms in total. The lowest BCUT2D eigenvalue weighted by Crippen LogP contribution is -2.45. The summed E-state index contributed by atoms with van der Waals surface area (Å²) in [7, 11) is 3.76. The van der Waals surface area contributed by atoms with Crippen LogP contribution in [0.3, 0.4) is 0 Å². The molecule has 0 aliphatic carbocycles. The van der Waals surface area contributed by atoms with Crippen LogP contribution in [0.2, 0.25) is 0 Å². The molecule has 1 aliphatic rings. The van der Waals surface area contributed by atoms with Crippen molar-refractivity contribution in [2.75, 3.05) is 40.6 Å². The Morgan fingerprint density at radius 1 is 1.45 bits per heavy atom. The molecule has 0 bridgehead atoms. The minimum Gasteiger partial charge on any atom is -0.462 e. The van der Waals surface area contributed by atoms with Crippen LogP contribution < -0.4 is 0 Å². The third kappa shape index (κ3) is 6.20. The Morgan fingerprint density at radius 3 is 2.85 bits per heavy atom. The number of rotatable bonds is 8. The van der Waals surface area contributed by atoms with Gasteiger partial charge in [0, 0.05) is 39.6 Å². The van der Waals surface area contributed by atoms with Crippen molar-refractivity contribution < 1.29 is 19.0 Å². The zero-order valence-corrected chi connectivity index (χ0v) is 13.3. The van der Waals surface area contributed by atoms with Gasteiger partial charge in [0.05, 0.1) is 0 Å². The molecule has 118 valence electrons. The second kappa shape index (κ2) is 9.32. The Hall–Kier alpha value is -0.650. The number of carbonyl (C=O) groups excluding carboxylic acids is 1. The number of likely N-dealkylation sites (tertiary alicyclic amines) is 1. The van der Waals surface area contributed by atoms with E-state index in [-0.39, 0.29) is 12.1 Å². The topological polar surface area (TPSA) is 48.0 Å². The van der Waals surface area contributed by atoms with Gasteiger partial charge in [0.1, 0.15) is 12.9 Å². The number of esters is 1. The highest BCUT2D eigenvalue weighted by Gasteiger charge is 2.33. The summed E-state index contributed by atoms with van der Waals surface area (Å²) in [5, 5.41) is 0. The average molecular weight is 287 g/mol. The first-order chi connectivity index (χ1) is 9.54. The van der Waals surface area contributed by atoms with Crippen LogP contribution >= 0.6 is 0 Å². The van der Waals surface area contributed by atoms with Crippen molar-refractivity contribution in [3.8, 4) is 0 Å². The second-order valence-corrected chi connectivity index (χ2v) is 5.80. The molecule has 1 rings (SSSR count). The van der Waals surface area contributed by atoms with Gasteiger partial charge in [-0.3, -0.25) is 4.79 Å². The molecule has 0 amide bonds. The quantitative estimate of drug-likeness (QED) is 0.388. The van der Waals surface area contributed by atoms with Crippen LogP contribution in [-0.4, -0.2) is 57.6 Å². The summed E-state index contributed by atoms with van der Waals surface area (Å²) in [4.78, 5) is 13.5. The van der Waals surface area contributed by atoms with E-state index >= 15 is 0 Å². The predicted octanol–water partition coefficient (Wildman–Crippen LogP) is 1.91. The van der Waals surface area contributed by atoms with Gasteiger partial charge in [0.15, 0.2) is 0 Å². The molecule has 0 saturated carbocycles. The molecule has 0 N–H and O–H groups in total. The Bertz CT molecular complexity index is 285. The first-order valence-electron chi connectivity index (χ1n) is 7.47. The minimum absolute atomic E-state index is 0.0681. The Morgan fingerprint density at radius 2 is 2.20 bits per heavy atom. The SMILES string of the molecule is COCOCCCC(C)C1CN(C)CCC1OC(C)=O. The summed E-state index contributed by atoms with van der Waals surface area (Å²) in [6.45, 7) is 6.82. The largest absolute Gasteiger partial charge is 0.462 e. The van der Waals surface area contributed by atoms with Crippen LogP contribution in [0.5, 0.6) is 0 Å². The van der Waals surface area contributed by atoms with Gasteiger partial charge in [-0.2, -0.15) is 0 Å². The highest BCUT2D eigenvalue weighted by molar-refractivity contribution is 5.66. The van der Waals surface area contributed by atoms with Crippen LogP contribution in [0.4, 0.5) is 0 Å². The minimum atomic E-state index is -0.166. The van der Waals surface area contributed by atoms with Gasteiger partial charge < -0.3 is 19.1 Å². The molecule has 0 radical (unpaired) electrons. The van der Waals surface area contributed by atoms with Gasteiger partial charge in [-0.25, -0.2) is 0 Å². The Labute approximate surface area is 122 Å². The van der Waals surface area contributed by atoms with Gasteiger partial charge in [0.25, 0.3) is 0 Å². The first kappa shape index (κ1) is 17.4. The van der Waals surface area contributed by atoms with Crippen molar-refractivity contribution in [1.29, 1.82) is 0 Å². The fraction of sp³-hybridized carbons (Fsp3) is 0.933. The monoisotopic (exact) mass is 287 g/mol. The number of carbonyl (C=O) groups is 1. The van der Waals surface area contributed by atoms with Crippen LogP contribution in [0, 0.1) is 11.8 Å². The van der Waals surface area contributed by atoms with E-state index in [1.54, 1.807) is 7.11 Å². The summed E-state index contributed by atoms with van der Waals surface area (Å²) >= 11 is 0. The fourth-order valence-corrected chi connectivity index (χ4v) is 2.90. The molecule has 20 heavy (non-hydrogen) atoms. The van der Waals surface area contributed by atoms with Gasteiger partial charge >= 0.3 is 5.97 Å². The van der Waals surface area contributed by atoms with Crippen molar-refractivity contribution in [2.45, 2.75) is 39.2 Å². The highest BCUT2D eigenvalue weighted by Crippen LogP contribution is 2.29. The molecule has 3 atom stereocenters. The maximum Gasteiger partial charge on any atom is 0.302 e. The molecule has 1 aliphatic heterocycles. The zero-order valence-electron chi connectivity index (χ0n) is 13.3. The molecule has 1 heterocycles. The van der Waals surface area contributed by atoms with Gasteiger partial charge in [-0.1, -0.05) is 6.92 Å². The molecule has 0 aromatic carbocycles. The molecule has 0 aromatic rings. The predicted molar refractivity (Wildman–Crippen MR) is 77.4 cm³/mol. The molecule has 1 fully saturated rings. The van der Waals surface area contributed by atoms with Crippen molar-refractivity contribution in [2.24, 2.45) is 11.8 Å². The second-order valence-electron chi connectivity index (χ2n) is 5.80. The normalized spacial score (nSPS) is 25.4. The summed E-state index contributed by atoms with van der Waals surface area (Å²) < 4.78 is 15.7. The molecule has 0 spiro atoms. The lowest BCUT2D eigenvalue weighted by atomic mass is 9.82. The van der Waals surface area contributed by atoms with E-state index in [1.807, 2.05) is 0 Å². The number of piperidine rings is 1. The fourth-order valence-electron chi connectivity index (χ4n) is 2.90. The van der Waals surface area contributed by atoms with Gasteiger partial charge in [0.2, 0.25) is 0 Å². The van der Waals surface area contributed by atoms with E-state index < -0.39 is 0 Å². The smallest absolute Gasteiger partial charge is 0.302 e. The first-order valence-corrected chi connectivity index (χ1v) is 7.47. The van der Waals surface area contributed by atoms with Gasteiger partial charge in [-0.15, -0.1) is 0 Å². The highest BCUT2D eigenvalue weighted by atomic mass is 16.7. The van der Waals surface area contributed by atoms with E-state index in [2.05, 4.69) is 18.9 Å². The average Bonchev–Trinajstić information content (AvgIpc) is 2.40. The van der Waals surface area contributed by atoms with Crippen LogP contribution in [0.25, 0.3) is 0 Å². The zero-order chi connectivity index (χ0) is 15.0. The maximum atomic E-state index is 11.2. The van der Waals surface area contributed by atoms with Crippen molar-refractivity contribution in [3.05, 3.63) is 0 Å². The lowest BCUT2D eigenvalue weighted by Gasteiger charge is -2.39. The van der Waals surface area contributed by atoms with E-state index in [9.17, 15) is 4.79 Å². The molecular weight excluding hydrogens is 258 g/mol. The van der Waals surface area contributed by atoms with Crippen LogP contribution in [-0.2, 0) is 19.0 Å². The lowest BCUT2D eigenvalue weighted by molar-refractivity contribution is -0.153. The summed E-state index contributed by atoms with van der Waals surface area (Å²) in [5.41, 5.74) is 0. The van der Waals surface area contributed by atoms with Gasteiger partial charge in [-0.05, 0) is 32.2 Å². The standard InChI is InChI=1S/C15H29NO4/c1-12(6-5-9-19-11-18-4)14-10-16(3)8-7-15(14)20-13(2)17/h12,14-15H,5-11H2,1-4H3. The number of nitrogens with zero attached hydrogens (tertiary/aromatic N) is 1. The Kier molecular flexibility index (Phi) is 8.11. The molecule has 0 aromatic heterocycles. The van der Waals surface area contributed by atoms with E-state index in [0.29, 0.717) is 18.6 Å². The van der Waals surface area contributed by atoms with Crippen LogP contribution in [0.15, 0.2) is 0 Å².